The van der Waals surface area contributed by atoms with E-state index in [-0.39, 0.29) is 6.04 Å². The number of ether oxygens (including phenoxy) is 2. The van der Waals surface area contributed by atoms with Crippen LogP contribution in [0.4, 0.5) is 0 Å². The van der Waals surface area contributed by atoms with Crippen LogP contribution in [-0.4, -0.2) is 54.1 Å². The van der Waals surface area contributed by atoms with Crippen LogP contribution in [0.2, 0.25) is 10.0 Å². The fourth-order valence-electron chi connectivity index (χ4n) is 4.86. The lowest BCUT2D eigenvalue weighted by Crippen LogP contribution is -2.40. The second kappa shape index (κ2) is 16.7. The van der Waals surface area contributed by atoms with Crippen LogP contribution in [0.3, 0.4) is 0 Å². The lowest BCUT2D eigenvalue weighted by Gasteiger charge is -2.33. The molecule has 4 rings (SSSR count). The molecule has 0 aliphatic heterocycles. The maximum absolute atomic E-state index is 11.1. The summed E-state index contributed by atoms with van der Waals surface area (Å²) in [6, 6.07) is 32.9. The molecule has 0 radical (unpaired) electrons. The van der Waals surface area contributed by atoms with E-state index in [1.165, 1.54) is 5.56 Å². The van der Waals surface area contributed by atoms with E-state index in [2.05, 4.69) is 36.1 Å². The molecule has 0 unspecified atom stereocenters. The number of hydrogen-bond donors (Lipinski definition) is 2. The Labute approximate surface area is 259 Å². The monoisotopic (exact) mass is 607 g/mol. The highest BCUT2D eigenvalue weighted by molar-refractivity contribution is 6.30. The number of halogens is 2. The molecule has 0 amide bonds. The zero-order valence-corrected chi connectivity index (χ0v) is 25.4. The van der Waals surface area contributed by atoms with Gasteiger partial charge in [-0.05, 0) is 78.4 Å². The van der Waals surface area contributed by atoms with Gasteiger partial charge in [0.25, 0.3) is 0 Å². The molecule has 2 N–H and O–H groups in total. The number of aliphatic hydroxyl groups is 2. The first-order valence-electron chi connectivity index (χ1n) is 14.3. The van der Waals surface area contributed by atoms with Crippen molar-refractivity contribution < 1.29 is 19.7 Å². The molecule has 42 heavy (non-hydrogen) atoms. The van der Waals surface area contributed by atoms with Gasteiger partial charge in [-0.1, -0.05) is 89.9 Å². The van der Waals surface area contributed by atoms with Crippen LogP contribution in [0.15, 0.2) is 103 Å². The van der Waals surface area contributed by atoms with E-state index >= 15 is 0 Å². The molecule has 0 spiro atoms. The zero-order valence-electron chi connectivity index (χ0n) is 23.9. The maximum Gasteiger partial charge on any atom is 0.119 e. The Kier molecular flexibility index (Phi) is 12.7. The number of benzene rings is 4. The van der Waals surface area contributed by atoms with Gasteiger partial charge in [-0.3, -0.25) is 4.90 Å². The van der Waals surface area contributed by atoms with Gasteiger partial charge in [0.1, 0.15) is 12.4 Å². The molecule has 0 aromatic heterocycles. The maximum atomic E-state index is 11.1. The minimum atomic E-state index is -0.761. The predicted molar refractivity (Wildman–Crippen MR) is 170 cm³/mol. The summed E-state index contributed by atoms with van der Waals surface area (Å²) in [6.07, 6.45) is 0.0940. The Morgan fingerprint density at radius 1 is 0.667 bits per heavy atom. The van der Waals surface area contributed by atoms with Gasteiger partial charge < -0.3 is 19.7 Å². The van der Waals surface area contributed by atoms with Crippen LogP contribution < -0.4 is 4.74 Å². The van der Waals surface area contributed by atoms with Crippen molar-refractivity contribution in [1.82, 2.24) is 4.90 Å². The second-order valence-corrected chi connectivity index (χ2v) is 11.4. The molecule has 5 nitrogen and oxygen atoms in total. The van der Waals surface area contributed by atoms with Crippen LogP contribution in [-0.2, 0) is 17.6 Å². The van der Waals surface area contributed by atoms with Gasteiger partial charge in [-0.25, -0.2) is 0 Å². The van der Waals surface area contributed by atoms with Gasteiger partial charge >= 0.3 is 0 Å². The summed E-state index contributed by atoms with van der Waals surface area (Å²) in [5.41, 5.74) is 3.87. The van der Waals surface area contributed by atoms with E-state index in [0.29, 0.717) is 43.0 Å². The molecule has 0 fully saturated rings. The lowest BCUT2D eigenvalue weighted by atomic mass is 10.0. The van der Waals surface area contributed by atoms with Crippen molar-refractivity contribution in [3.05, 3.63) is 135 Å². The van der Waals surface area contributed by atoms with Gasteiger partial charge in [-0.2, -0.15) is 0 Å². The molecular formula is C35H39Cl2NO4. The fraction of sp³-hybridized carbons (Fsp3) is 0.314. The van der Waals surface area contributed by atoms with E-state index in [1.54, 1.807) is 24.3 Å². The van der Waals surface area contributed by atoms with Gasteiger partial charge in [-0.15, -0.1) is 0 Å². The van der Waals surface area contributed by atoms with Crippen LogP contribution in [0, 0.1) is 0 Å². The Hall–Kier alpha value is -2.90. The third kappa shape index (κ3) is 10.4. The van der Waals surface area contributed by atoms with Gasteiger partial charge in [0.05, 0.1) is 25.4 Å². The van der Waals surface area contributed by atoms with Crippen molar-refractivity contribution in [2.45, 2.75) is 38.0 Å². The number of nitrogens with zero attached hydrogens (tertiary/aromatic N) is 1. The largest absolute Gasteiger partial charge is 0.491 e. The quantitative estimate of drug-likeness (QED) is 0.131. The molecule has 0 aliphatic rings. The van der Waals surface area contributed by atoms with Crippen LogP contribution in [0.5, 0.6) is 5.75 Å². The topological polar surface area (TPSA) is 62.2 Å². The first kappa shape index (κ1) is 32.0. The van der Waals surface area contributed by atoms with Crippen LogP contribution in [0.1, 0.15) is 41.4 Å². The standard InChI is InChI=1S/C35H39Cl2NO4/c1-26(21-28-13-15-33(16-14-28)42-20-19-41-18-17-27-7-3-2-4-8-27)38(24-34(39)29-9-5-11-31(36)22-29)25-35(40)30-10-6-12-32(37)23-30/h2-16,22-23,26,34-35,39-40H,17-21,24-25H2,1H3/t26-,34-,35+/m0/s1. The van der Waals surface area contributed by atoms with Crippen molar-refractivity contribution in [1.29, 1.82) is 0 Å². The summed E-state index contributed by atoms with van der Waals surface area (Å²) in [4.78, 5) is 2.11. The normalized spacial score (nSPS) is 13.6. The second-order valence-electron chi connectivity index (χ2n) is 10.5. The number of hydrogen-bond acceptors (Lipinski definition) is 5. The van der Waals surface area contributed by atoms with Crippen molar-refractivity contribution in [2.24, 2.45) is 0 Å². The van der Waals surface area contributed by atoms with E-state index in [1.807, 2.05) is 54.6 Å². The fourth-order valence-corrected chi connectivity index (χ4v) is 5.26. The van der Waals surface area contributed by atoms with E-state index in [0.717, 1.165) is 35.3 Å². The van der Waals surface area contributed by atoms with Crippen molar-refractivity contribution >= 4 is 23.2 Å². The van der Waals surface area contributed by atoms with Crippen molar-refractivity contribution in [3.8, 4) is 5.75 Å². The van der Waals surface area contributed by atoms with E-state index in [4.69, 9.17) is 32.7 Å². The molecular weight excluding hydrogens is 569 g/mol. The SMILES string of the molecule is C[C@@H](Cc1ccc(OCCOCCc2ccccc2)cc1)N(C[C@@H](O)c1cccc(Cl)c1)C[C@H](O)c1cccc(Cl)c1. The molecule has 4 aromatic rings. The van der Waals surface area contributed by atoms with Gasteiger partial charge in [0, 0.05) is 29.2 Å². The third-order valence-electron chi connectivity index (χ3n) is 7.23. The first-order valence-corrected chi connectivity index (χ1v) is 15.1. The molecule has 7 heteroatoms. The Morgan fingerprint density at radius 3 is 1.83 bits per heavy atom. The Balaban J connectivity index is 1.31. The molecule has 0 bridgehead atoms. The molecule has 3 atom stereocenters. The Bertz CT molecular complexity index is 1300. The minimum Gasteiger partial charge on any atom is -0.491 e. The average molecular weight is 609 g/mol. The lowest BCUT2D eigenvalue weighted by molar-refractivity contribution is 0.0480. The van der Waals surface area contributed by atoms with Crippen LogP contribution in [0.25, 0.3) is 0 Å². The predicted octanol–water partition coefficient (Wildman–Crippen LogP) is 7.33. The van der Waals surface area contributed by atoms with Crippen molar-refractivity contribution in [2.75, 3.05) is 32.9 Å². The van der Waals surface area contributed by atoms with Gasteiger partial charge in [0.15, 0.2) is 0 Å². The van der Waals surface area contributed by atoms with Crippen LogP contribution >= 0.6 is 23.2 Å². The minimum absolute atomic E-state index is 0.0254. The average Bonchev–Trinajstić information content (AvgIpc) is 2.99. The van der Waals surface area contributed by atoms with Gasteiger partial charge in [0.2, 0.25) is 0 Å². The number of aliphatic hydroxyl groups excluding tert-OH is 2. The zero-order chi connectivity index (χ0) is 29.7. The van der Waals surface area contributed by atoms with E-state index in [9.17, 15) is 10.2 Å². The highest BCUT2D eigenvalue weighted by atomic mass is 35.5. The third-order valence-corrected chi connectivity index (χ3v) is 7.70. The summed E-state index contributed by atoms with van der Waals surface area (Å²) >= 11 is 12.3. The first-order chi connectivity index (χ1) is 20.4. The highest BCUT2D eigenvalue weighted by Gasteiger charge is 2.23. The summed E-state index contributed by atoms with van der Waals surface area (Å²) in [5.74, 6) is 0.794. The molecule has 222 valence electrons. The summed E-state index contributed by atoms with van der Waals surface area (Å²) in [5, 5.41) is 23.3. The molecule has 0 saturated heterocycles. The van der Waals surface area contributed by atoms with Crippen molar-refractivity contribution in [3.63, 3.8) is 0 Å². The van der Waals surface area contributed by atoms with E-state index < -0.39 is 12.2 Å². The molecule has 0 saturated carbocycles. The summed E-state index contributed by atoms with van der Waals surface area (Å²) < 4.78 is 11.6. The summed E-state index contributed by atoms with van der Waals surface area (Å²) in [7, 11) is 0. The summed E-state index contributed by atoms with van der Waals surface area (Å²) in [6.45, 7) is 4.46. The Morgan fingerprint density at radius 2 is 1.26 bits per heavy atom. The molecule has 0 aliphatic carbocycles. The molecule has 4 aromatic carbocycles. The smallest absolute Gasteiger partial charge is 0.119 e. The number of rotatable bonds is 16. The highest BCUT2D eigenvalue weighted by Crippen LogP contribution is 2.25. The molecule has 0 heterocycles.